The minimum atomic E-state index is -0.199. The van der Waals surface area contributed by atoms with Gasteiger partial charge in [0.15, 0.2) is 0 Å². The van der Waals surface area contributed by atoms with Gasteiger partial charge in [-0.1, -0.05) is 37.8 Å². The molecule has 0 bridgehead atoms. The summed E-state index contributed by atoms with van der Waals surface area (Å²) in [5.41, 5.74) is 1.72. The molecule has 144 valence electrons. The predicted octanol–water partition coefficient (Wildman–Crippen LogP) is 5.44. The Morgan fingerprint density at radius 1 is 1.11 bits per heavy atom. The van der Waals surface area contributed by atoms with Gasteiger partial charge in [0, 0.05) is 35.2 Å². The van der Waals surface area contributed by atoms with Gasteiger partial charge >= 0.3 is 6.03 Å². The first-order valence-electron chi connectivity index (χ1n) is 9.41. The lowest BCUT2D eigenvalue weighted by Gasteiger charge is -2.48. The van der Waals surface area contributed by atoms with E-state index < -0.39 is 0 Å². The van der Waals surface area contributed by atoms with Crippen LogP contribution < -0.4 is 15.4 Å². The van der Waals surface area contributed by atoms with Gasteiger partial charge in [0.25, 0.3) is 0 Å². The van der Waals surface area contributed by atoms with Crippen molar-refractivity contribution < 1.29 is 9.53 Å². The summed E-state index contributed by atoms with van der Waals surface area (Å²) in [5, 5.41) is 8.15. The first-order chi connectivity index (χ1) is 13.2. The molecule has 2 amide bonds. The molecule has 2 heterocycles. The molecular weight excluding hydrogens is 350 g/mol. The topological polar surface area (TPSA) is 63.2 Å². The van der Waals surface area contributed by atoms with E-state index in [4.69, 9.17) is 4.74 Å². The van der Waals surface area contributed by atoms with Crippen molar-refractivity contribution in [2.45, 2.75) is 44.8 Å². The van der Waals surface area contributed by atoms with Gasteiger partial charge in [-0.3, -0.25) is 4.98 Å². The van der Waals surface area contributed by atoms with Crippen LogP contribution in [-0.4, -0.2) is 16.6 Å². The Hall–Kier alpha value is -3.08. The normalized spacial score (nSPS) is 18.9. The van der Waals surface area contributed by atoms with Crippen molar-refractivity contribution in [3.63, 3.8) is 0 Å². The number of para-hydroxylation sites is 1. The number of amides is 2. The van der Waals surface area contributed by atoms with Crippen molar-refractivity contribution in [3.05, 3.63) is 66.5 Å². The highest BCUT2D eigenvalue weighted by molar-refractivity contribution is 6.01. The Balaban J connectivity index is 0.00000192. The zero-order valence-electron chi connectivity index (χ0n) is 14.9. The van der Waals surface area contributed by atoms with Gasteiger partial charge in [0.1, 0.15) is 11.4 Å². The van der Waals surface area contributed by atoms with Crippen LogP contribution in [0.2, 0.25) is 0 Å². The summed E-state index contributed by atoms with van der Waals surface area (Å²) in [6.07, 6.45) is 7.64. The van der Waals surface area contributed by atoms with Gasteiger partial charge in [0.05, 0.1) is 11.7 Å². The number of ether oxygens (including phenoxy) is 1. The molecule has 2 aromatic carbocycles. The number of hydrogen-bond acceptors (Lipinski definition) is 3. The molecule has 5 heteroatoms. The average Bonchev–Trinajstić information content (AvgIpc) is 2.67. The minimum absolute atomic E-state index is 0. The fourth-order valence-corrected chi connectivity index (χ4v) is 4.17. The number of urea groups is 1. The minimum Gasteiger partial charge on any atom is -0.487 e. The molecule has 5 rings (SSSR count). The number of pyridine rings is 1. The van der Waals surface area contributed by atoms with Crippen molar-refractivity contribution >= 4 is 22.5 Å². The Labute approximate surface area is 165 Å². The van der Waals surface area contributed by atoms with Crippen LogP contribution in [0.1, 0.15) is 44.7 Å². The third-order valence-corrected chi connectivity index (χ3v) is 5.70. The maximum atomic E-state index is 12.8. The maximum absolute atomic E-state index is 12.8. The number of hydrogen-bond donors (Lipinski definition) is 2. The second-order valence-electron chi connectivity index (χ2n) is 7.43. The molecule has 2 aliphatic rings. The van der Waals surface area contributed by atoms with Crippen molar-refractivity contribution in [2.24, 2.45) is 0 Å². The van der Waals surface area contributed by atoms with Gasteiger partial charge in [-0.25, -0.2) is 4.79 Å². The SMILES string of the molecule is C.O=C(Nc1cccc2cnccc12)N[C@@H]1CC2(CCC2)Oc2ccccc21. The van der Waals surface area contributed by atoms with Gasteiger partial charge in [0.2, 0.25) is 0 Å². The van der Waals surface area contributed by atoms with Crippen LogP contribution in [0.3, 0.4) is 0 Å². The van der Waals surface area contributed by atoms with E-state index in [1.807, 2.05) is 48.5 Å². The van der Waals surface area contributed by atoms with Gasteiger partial charge < -0.3 is 15.4 Å². The highest BCUT2D eigenvalue weighted by atomic mass is 16.5. The summed E-state index contributed by atoms with van der Waals surface area (Å²) in [6.45, 7) is 0. The molecule has 1 aromatic heterocycles. The Bertz CT molecular complexity index is 1010. The summed E-state index contributed by atoms with van der Waals surface area (Å²) in [4.78, 5) is 16.9. The van der Waals surface area contributed by atoms with Crippen molar-refractivity contribution in [1.29, 1.82) is 0 Å². The third kappa shape index (κ3) is 3.17. The lowest BCUT2D eigenvalue weighted by Crippen LogP contribution is -2.50. The molecule has 3 aromatic rings. The summed E-state index contributed by atoms with van der Waals surface area (Å²) in [5.74, 6) is 0.894. The van der Waals surface area contributed by atoms with E-state index in [1.54, 1.807) is 12.4 Å². The molecule has 0 unspecified atom stereocenters. The largest absolute Gasteiger partial charge is 0.487 e. The van der Waals surface area contributed by atoms with Crippen LogP contribution in [0.4, 0.5) is 10.5 Å². The zero-order chi connectivity index (χ0) is 18.3. The van der Waals surface area contributed by atoms with Gasteiger partial charge in [-0.15, -0.1) is 0 Å². The molecule has 1 saturated carbocycles. The Morgan fingerprint density at radius 2 is 1.96 bits per heavy atom. The smallest absolute Gasteiger partial charge is 0.319 e. The summed E-state index contributed by atoms with van der Waals surface area (Å²) < 4.78 is 6.26. The highest BCUT2D eigenvalue weighted by Crippen LogP contribution is 2.48. The zero-order valence-corrected chi connectivity index (χ0v) is 14.9. The van der Waals surface area contributed by atoms with Crippen molar-refractivity contribution in [3.8, 4) is 5.75 Å². The molecular formula is C23H25N3O2. The molecule has 0 radical (unpaired) electrons. The van der Waals surface area contributed by atoms with Crippen LogP contribution >= 0.6 is 0 Å². The van der Waals surface area contributed by atoms with E-state index >= 15 is 0 Å². The first-order valence-corrected chi connectivity index (χ1v) is 9.41. The number of nitrogens with zero attached hydrogens (tertiary/aromatic N) is 1. The number of carbonyl (C=O) groups excluding carboxylic acids is 1. The van der Waals surface area contributed by atoms with E-state index in [0.29, 0.717) is 0 Å². The molecule has 1 aliphatic heterocycles. The molecule has 28 heavy (non-hydrogen) atoms. The highest BCUT2D eigenvalue weighted by Gasteiger charge is 2.45. The standard InChI is InChI=1S/C22H21N3O2.CH4/c26-21(24-18-7-3-5-15-14-23-12-9-16(15)18)25-19-13-22(10-4-11-22)27-20-8-2-1-6-17(19)20;/h1-3,5-9,12,14,19H,4,10-11,13H2,(H2,24,25,26);1H4/t19-;/m1./s1. The van der Waals surface area contributed by atoms with Crippen LogP contribution in [-0.2, 0) is 0 Å². The van der Waals surface area contributed by atoms with Crippen molar-refractivity contribution in [1.82, 2.24) is 10.3 Å². The van der Waals surface area contributed by atoms with E-state index in [-0.39, 0.29) is 25.1 Å². The molecule has 5 nitrogen and oxygen atoms in total. The summed E-state index contributed by atoms with van der Waals surface area (Å²) in [6, 6.07) is 15.5. The molecule has 1 fully saturated rings. The van der Waals surface area contributed by atoms with Crippen LogP contribution in [0.25, 0.3) is 10.8 Å². The van der Waals surface area contributed by atoms with Crippen LogP contribution in [0.15, 0.2) is 60.9 Å². The predicted molar refractivity (Wildman–Crippen MR) is 112 cm³/mol. The third-order valence-electron chi connectivity index (χ3n) is 5.70. The van der Waals surface area contributed by atoms with E-state index in [1.165, 1.54) is 6.42 Å². The number of aromatic nitrogens is 1. The maximum Gasteiger partial charge on any atom is 0.319 e. The number of anilines is 1. The number of fused-ring (bicyclic) bond motifs is 2. The Morgan fingerprint density at radius 3 is 2.79 bits per heavy atom. The summed E-state index contributed by atoms with van der Waals surface area (Å²) in [7, 11) is 0. The van der Waals surface area contributed by atoms with E-state index in [0.717, 1.165) is 47.0 Å². The Kier molecular flexibility index (Phi) is 4.67. The second kappa shape index (κ2) is 7.15. The van der Waals surface area contributed by atoms with Gasteiger partial charge in [-0.2, -0.15) is 0 Å². The fraction of sp³-hybridized carbons (Fsp3) is 0.304. The quantitative estimate of drug-likeness (QED) is 0.627. The second-order valence-corrected chi connectivity index (χ2v) is 7.43. The summed E-state index contributed by atoms with van der Waals surface area (Å²) >= 11 is 0. The lowest BCUT2D eigenvalue weighted by atomic mass is 9.73. The molecule has 1 spiro atoms. The van der Waals surface area contributed by atoms with Crippen LogP contribution in [0, 0.1) is 0 Å². The fourth-order valence-electron chi connectivity index (χ4n) is 4.17. The number of benzene rings is 2. The first kappa shape index (κ1) is 18.3. The monoisotopic (exact) mass is 375 g/mol. The molecule has 2 N–H and O–H groups in total. The molecule has 1 atom stereocenters. The number of nitrogens with one attached hydrogen (secondary N) is 2. The van der Waals surface area contributed by atoms with E-state index in [9.17, 15) is 4.79 Å². The number of carbonyl (C=O) groups is 1. The lowest BCUT2D eigenvalue weighted by molar-refractivity contribution is -0.0354. The van der Waals surface area contributed by atoms with Crippen molar-refractivity contribution in [2.75, 3.05) is 5.32 Å². The van der Waals surface area contributed by atoms with Crippen LogP contribution in [0.5, 0.6) is 5.75 Å². The average molecular weight is 375 g/mol. The molecule has 1 aliphatic carbocycles. The number of rotatable bonds is 2. The molecule has 0 saturated heterocycles. The van der Waals surface area contributed by atoms with Gasteiger partial charge in [-0.05, 0) is 37.5 Å². The van der Waals surface area contributed by atoms with E-state index in [2.05, 4.69) is 15.6 Å².